The second-order valence-electron chi connectivity index (χ2n) is 6.36. The third kappa shape index (κ3) is 2.81. The van der Waals surface area contributed by atoms with E-state index in [1.54, 1.807) is 13.8 Å². The van der Waals surface area contributed by atoms with Gasteiger partial charge in [-0.1, -0.05) is 13.8 Å². The van der Waals surface area contributed by atoms with Crippen molar-refractivity contribution in [3.8, 4) is 11.4 Å². The van der Waals surface area contributed by atoms with Gasteiger partial charge in [-0.25, -0.2) is 9.97 Å². The molecule has 24 heavy (non-hydrogen) atoms. The van der Waals surface area contributed by atoms with E-state index in [4.69, 9.17) is 5.73 Å². The van der Waals surface area contributed by atoms with E-state index < -0.39 is 24.0 Å². The van der Waals surface area contributed by atoms with Crippen molar-refractivity contribution in [2.75, 3.05) is 12.3 Å². The summed E-state index contributed by atoms with van der Waals surface area (Å²) in [5.41, 5.74) is 5.90. The van der Waals surface area contributed by atoms with Crippen molar-refractivity contribution in [2.24, 2.45) is 0 Å². The van der Waals surface area contributed by atoms with Crippen molar-refractivity contribution in [3.05, 3.63) is 29.6 Å². The van der Waals surface area contributed by atoms with Crippen LogP contribution in [0.25, 0.3) is 11.4 Å². The molecule has 1 aliphatic rings. The minimum absolute atomic E-state index is 0.0473. The number of alkyl halides is 3. The number of nitrogens with zero attached hydrogens (tertiary/aromatic N) is 3. The quantitative estimate of drug-likeness (QED) is 0.877. The van der Waals surface area contributed by atoms with Crippen molar-refractivity contribution in [1.82, 2.24) is 19.9 Å². The van der Waals surface area contributed by atoms with Crippen LogP contribution in [0.4, 0.5) is 19.1 Å². The minimum atomic E-state index is -4.44. The highest BCUT2D eigenvalue weighted by Gasteiger charge is 2.40. The van der Waals surface area contributed by atoms with Gasteiger partial charge in [-0.2, -0.15) is 13.2 Å². The van der Waals surface area contributed by atoms with Crippen molar-refractivity contribution < 1.29 is 18.0 Å². The maximum atomic E-state index is 13.1. The summed E-state index contributed by atoms with van der Waals surface area (Å²) in [6.45, 7) is 2.62. The van der Waals surface area contributed by atoms with E-state index >= 15 is 0 Å². The van der Waals surface area contributed by atoms with Crippen LogP contribution >= 0.6 is 0 Å². The van der Waals surface area contributed by atoms with Crippen LogP contribution in [0.5, 0.6) is 0 Å². The number of nitrogens with two attached hydrogens (primary N) is 1. The first-order valence-corrected chi connectivity index (χ1v) is 7.26. The molecule has 0 atom stereocenters. The fraction of sp³-hybridized carbons (Fsp3) is 0.400. The molecule has 2 aromatic rings. The third-order valence-corrected chi connectivity index (χ3v) is 3.95. The predicted molar refractivity (Wildman–Crippen MR) is 81.3 cm³/mol. The molecule has 0 bridgehead atoms. The number of carbonyl (C=O) groups excluding carboxylic acids is 1. The van der Waals surface area contributed by atoms with E-state index in [2.05, 4.69) is 15.3 Å². The first-order valence-electron chi connectivity index (χ1n) is 7.26. The Morgan fingerprint density at radius 1 is 1.42 bits per heavy atom. The van der Waals surface area contributed by atoms with Gasteiger partial charge < -0.3 is 15.6 Å². The Balaban J connectivity index is 2.28. The lowest BCUT2D eigenvalue weighted by Gasteiger charge is -2.32. The van der Waals surface area contributed by atoms with Gasteiger partial charge in [-0.15, -0.1) is 0 Å². The number of rotatable bonds is 2. The molecular weight excluding hydrogens is 323 g/mol. The number of hydrogen-bond donors (Lipinski definition) is 2. The average molecular weight is 339 g/mol. The Kier molecular flexibility index (Phi) is 3.54. The van der Waals surface area contributed by atoms with Gasteiger partial charge in [-0.3, -0.25) is 4.79 Å². The summed E-state index contributed by atoms with van der Waals surface area (Å²) in [7, 11) is 0. The summed E-state index contributed by atoms with van der Waals surface area (Å²) in [5, 5.41) is 2.70. The second kappa shape index (κ2) is 5.22. The number of amides is 1. The Morgan fingerprint density at radius 2 is 2.12 bits per heavy atom. The number of fused-ring (bicyclic) bond motifs is 1. The molecule has 128 valence electrons. The molecule has 3 rings (SSSR count). The molecule has 0 spiro atoms. The summed E-state index contributed by atoms with van der Waals surface area (Å²) in [6, 6.07) is 2.90. The molecule has 0 saturated heterocycles. The van der Waals surface area contributed by atoms with E-state index in [-0.39, 0.29) is 29.4 Å². The number of aromatic nitrogens is 3. The summed E-state index contributed by atoms with van der Waals surface area (Å²) < 4.78 is 40.5. The van der Waals surface area contributed by atoms with E-state index in [0.717, 1.165) is 4.57 Å². The molecule has 1 aliphatic heterocycles. The Morgan fingerprint density at radius 3 is 2.75 bits per heavy atom. The van der Waals surface area contributed by atoms with Gasteiger partial charge in [0.05, 0.1) is 17.0 Å². The number of halogens is 3. The standard InChI is InChI=1S/C15H16F3N5O/c1-14(2)6-21-12(24)8-5-10(9-3-4-20-13(19)22-9)23(11(8)14)7-15(16,17)18/h3-5H,6-7H2,1-2H3,(H,21,24)(H2,19,20,22). The Hall–Kier alpha value is -2.58. The highest BCUT2D eigenvalue weighted by atomic mass is 19.4. The van der Waals surface area contributed by atoms with Crippen LogP contribution in [0, 0.1) is 0 Å². The van der Waals surface area contributed by atoms with Crippen LogP contribution in [0.1, 0.15) is 29.9 Å². The molecule has 1 amide bonds. The summed E-state index contributed by atoms with van der Waals surface area (Å²) >= 11 is 0. The molecule has 0 aliphatic carbocycles. The maximum absolute atomic E-state index is 13.1. The van der Waals surface area contributed by atoms with Crippen molar-refractivity contribution >= 4 is 11.9 Å². The summed E-state index contributed by atoms with van der Waals surface area (Å²) in [4.78, 5) is 19.9. The van der Waals surface area contributed by atoms with Crippen LogP contribution in [0.2, 0.25) is 0 Å². The van der Waals surface area contributed by atoms with Gasteiger partial charge in [0.1, 0.15) is 6.54 Å². The molecule has 9 heteroatoms. The Bertz CT molecular complexity index is 810. The fourth-order valence-corrected chi connectivity index (χ4v) is 3.00. The molecule has 2 aromatic heterocycles. The van der Waals surface area contributed by atoms with Crippen LogP contribution in [-0.4, -0.2) is 33.2 Å². The second-order valence-corrected chi connectivity index (χ2v) is 6.36. The lowest BCUT2D eigenvalue weighted by molar-refractivity contribution is -0.140. The van der Waals surface area contributed by atoms with Gasteiger partial charge in [0, 0.05) is 23.9 Å². The molecule has 0 aromatic carbocycles. The van der Waals surface area contributed by atoms with Gasteiger partial charge in [0.15, 0.2) is 0 Å². The number of nitrogens with one attached hydrogen (secondary N) is 1. The molecule has 0 radical (unpaired) electrons. The fourth-order valence-electron chi connectivity index (χ4n) is 3.00. The molecule has 0 saturated carbocycles. The molecule has 0 unspecified atom stereocenters. The topological polar surface area (TPSA) is 85.8 Å². The monoisotopic (exact) mass is 339 g/mol. The van der Waals surface area contributed by atoms with Crippen LogP contribution in [-0.2, 0) is 12.0 Å². The van der Waals surface area contributed by atoms with Crippen LogP contribution in [0.3, 0.4) is 0 Å². The minimum Gasteiger partial charge on any atom is -0.368 e. The zero-order valence-electron chi connectivity index (χ0n) is 13.1. The molecular formula is C15H16F3N5O. The first-order chi connectivity index (χ1) is 11.1. The smallest absolute Gasteiger partial charge is 0.368 e. The molecule has 6 nitrogen and oxygen atoms in total. The van der Waals surface area contributed by atoms with Crippen LogP contribution < -0.4 is 11.1 Å². The zero-order valence-corrected chi connectivity index (χ0v) is 13.1. The molecule has 3 N–H and O–H groups in total. The summed E-state index contributed by atoms with van der Waals surface area (Å²) in [5.74, 6) is -0.442. The maximum Gasteiger partial charge on any atom is 0.406 e. The van der Waals surface area contributed by atoms with Gasteiger partial charge in [0.25, 0.3) is 5.91 Å². The van der Waals surface area contributed by atoms with E-state index in [9.17, 15) is 18.0 Å². The number of carbonyl (C=O) groups is 1. The molecule has 0 fully saturated rings. The number of anilines is 1. The van der Waals surface area contributed by atoms with Crippen molar-refractivity contribution in [3.63, 3.8) is 0 Å². The first kappa shape index (κ1) is 16.3. The third-order valence-electron chi connectivity index (χ3n) is 3.95. The number of nitrogen functional groups attached to an aromatic ring is 1. The average Bonchev–Trinajstić information content (AvgIpc) is 2.82. The van der Waals surface area contributed by atoms with E-state index in [1.165, 1.54) is 18.3 Å². The van der Waals surface area contributed by atoms with E-state index in [1.807, 2.05) is 0 Å². The highest BCUT2D eigenvalue weighted by Crippen LogP contribution is 2.37. The lowest BCUT2D eigenvalue weighted by Crippen LogP contribution is -2.44. The predicted octanol–water partition coefficient (Wildman–Crippen LogP) is 2.11. The van der Waals surface area contributed by atoms with E-state index in [0.29, 0.717) is 5.69 Å². The lowest BCUT2D eigenvalue weighted by atomic mass is 9.84. The van der Waals surface area contributed by atoms with Crippen molar-refractivity contribution in [1.29, 1.82) is 0 Å². The number of hydrogen-bond acceptors (Lipinski definition) is 4. The SMILES string of the molecule is CC1(C)CNC(=O)c2cc(-c3ccnc(N)n3)n(CC(F)(F)F)c21. The molecule has 3 heterocycles. The largest absolute Gasteiger partial charge is 0.406 e. The Labute approximate surface area is 135 Å². The van der Waals surface area contributed by atoms with Crippen molar-refractivity contribution in [2.45, 2.75) is 32.0 Å². The normalized spacial score (nSPS) is 16.6. The highest BCUT2D eigenvalue weighted by molar-refractivity contribution is 5.98. The van der Waals surface area contributed by atoms with Crippen LogP contribution in [0.15, 0.2) is 18.3 Å². The zero-order chi connectivity index (χ0) is 17.7. The van der Waals surface area contributed by atoms with Gasteiger partial charge in [-0.05, 0) is 12.1 Å². The summed E-state index contributed by atoms with van der Waals surface area (Å²) in [6.07, 6.45) is -3.07. The van der Waals surface area contributed by atoms with Gasteiger partial charge in [0.2, 0.25) is 5.95 Å². The van der Waals surface area contributed by atoms with Gasteiger partial charge >= 0.3 is 6.18 Å².